The summed E-state index contributed by atoms with van der Waals surface area (Å²) in [5.41, 5.74) is 3.72. The number of benzene rings is 3. The second-order valence-electron chi connectivity index (χ2n) is 8.08. The van der Waals surface area contributed by atoms with E-state index >= 15 is 0 Å². The molecule has 7 heteroatoms. The maximum atomic E-state index is 13.6. The number of thiazole rings is 1. The Morgan fingerprint density at radius 1 is 0.939 bits per heavy atom. The molecule has 0 aliphatic carbocycles. The first-order chi connectivity index (χ1) is 15.5. The molecular weight excluding hydrogens is 457 g/mol. The van der Waals surface area contributed by atoms with Crippen LogP contribution in [0, 0.1) is 5.82 Å². The molecule has 0 N–H and O–H groups in total. The summed E-state index contributed by atoms with van der Waals surface area (Å²) in [4.78, 5) is 21.9. The van der Waals surface area contributed by atoms with Crippen molar-refractivity contribution < 1.29 is 9.18 Å². The van der Waals surface area contributed by atoms with Gasteiger partial charge < -0.3 is 4.90 Å². The van der Waals surface area contributed by atoms with Crippen LogP contribution in [-0.4, -0.2) is 43.0 Å². The lowest BCUT2D eigenvalue weighted by molar-refractivity contribution is 0.0986. The fourth-order valence-corrected chi connectivity index (χ4v) is 4.60. The first-order valence-electron chi connectivity index (χ1n) is 10.6. The van der Waals surface area contributed by atoms with E-state index in [1.165, 1.54) is 29.0 Å². The van der Waals surface area contributed by atoms with E-state index in [1.807, 2.05) is 56.6 Å². The van der Waals surface area contributed by atoms with Crippen LogP contribution in [0.1, 0.15) is 27.9 Å². The Labute approximate surface area is 204 Å². The van der Waals surface area contributed by atoms with Crippen molar-refractivity contribution in [3.63, 3.8) is 0 Å². The predicted molar refractivity (Wildman–Crippen MR) is 137 cm³/mol. The van der Waals surface area contributed by atoms with Gasteiger partial charge in [0.05, 0.1) is 10.2 Å². The Morgan fingerprint density at radius 2 is 1.64 bits per heavy atom. The van der Waals surface area contributed by atoms with E-state index in [-0.39, 0.29) is 24.1 Å². The average molecular weight is 484 g/mol. The molecule has 1 aromatic heterocycles. The summed E-state index contributed by atoms with van der Waals surface area (Å²) in [6.45, 7) is 1.41. The van der Waals surface area contributed by atoms with Crippen molar-refractivity contribution in [1.82, 2.24) is 9.88 Å². The lowest BCUT2D eigenvalue weighted by atomic mass is 10.0. The van der Waals surface area contributed by atoms with E-state index < -0.39 is 0 Å². The van der Waals surface area contributed by atoms with Crippen molar-refractivity contribution in [3.05, 3.63) is 95.3 Å². The second kappa shape index (κ2) is 11.4. The van der Waals surface area contributed by atoms with Crippen LogP contribution in [0.2, 0.25) is 0 Å². The summed E-state index contributed by atoms with van der Waals surface area (Å²) in [5, 5.41) is 0.600. The molecule has 0 fully saturated rings. The number of hydrogen-bond acceptors (Lipinski definition) is 4. The number of halogens is 2. The zero-order chi connectivity index (χ0) is 22.5. The van der Waals surface area contributed by atoms with Gasteiger partial charge in [0, 0.05) is 12.1 Å². The highest BCUT2D eigenvalue weighted by atomic mass is 35.5. The molecule has 1 amide bonds. The number of aromatic nitrogens is 1. The molecule has 0 atom stereocenters. The van der Waals surface area contributed by atoms with Crippen LogP contribution in [0.4, 0.5) is 9.52 Å². The fraction of sp³-hybridized carbons (Fsp3) is 0.231. The molecule has 172 valence electrons. The highest BCUT2D eigenvalue weighted by Crippen LogP contribution is 2.30. The van der Waals surface area contributed by atoms with Crippen molar-refractivity contribution >= 4 is 45.0 Å². The van der Waals surface area contributed by atoms with Crippen molar-refractivity contribution in [3.8, 4) is 0 Å². The van der Waals surface area contributed by atoms with Gasteiger partial charge in [0.15, 0.2) is 5.13 Å². The largest absolute Gasteiger partial charge is 0.309 e. The van der Waals surface area contributed by atoms with Crippen LogP contribution in [0.5, 0.6) is 0 Å². The maximum absolute atomic E-state index is 13.6. The second-order valence-corrected chi connectivity index (χ2v) is 9.09. The molecule has 0 spiro atoms. The zero-order valence-electron chi connectivity index (χ0n) is 18.7. The molecule has 3 aromatic carbocycles. The fourth-order valence-electron chi connectivity index (χ4n) is 3.58. The number of amides is 1. The first-order valence-corrected chi connectivity index (χ1v) is 11.5. The Morgan fingerprint density at radius 3 is 2.33 bits per heavy atom. The Kier molecular flexibility index (Phi) is 8.55. The molecular formula is C26H27ClFN3OS. The topological polar surface area (TPSA) is 36.4 Å². The van der Waals surface area contributed by atoms with Crippen LogP contribution < -0.4 is 4.90 Å². The van der Waals surface area contributed by atoms with Gasteiger partial charge >= 0.3 is 0 Å². The minimum Gasteiger partial charge on any atom is -0.309 e. The summed E-state index contributed by atoms with van der Waals surface area (Å²) in [6.07, 6.45) is 1.64. The molecule has 0 unspecified atom stereocenters. The Hall–Kier alpha value is -2.80. The first kappa shape index (κ1) is 24.8. The Balaban J connectivity index is 0.00000306. The van der Waals surface area contributed by atoms with Crippen LogP contribution in [0.3, 0.4) is 0 Å². The van der Waals surface area contributed by atoms with Gasteiger partial charge in [0.25, 0.3) is 5.91 Å². The van der Waals surface area contributed by atoms with E-state index in [1.54, 1.807) is 11.0 Å². The van der Waals surface area contributed by atoms with Gasteiger partial charge in [-0.05, 0) is 74.9 Å². The molecule has 0 aliphatic heterocycles. The van der Waals surface area contributed by atoms with Gasteiger partial charge in [-0.2, -0.15) is 0 Å². The quantitative estimate of drug-likeness (QED) is 0.306. The van der Waals surface area contributed by atoms with Crippen molar-refractivity contribution in [2.45, 2.75) is 12.8 Å². The molecule has 1 heterocycles. The summed E-state index contributed by atoms with van der Waals surface area (Å²) < 4.78 is 14.4. The third-order valence-electron chi connectivity index (χ3n) is 5.25. The summed E-state index contributed by atoms with van der Waals surface area (Å²) >= 11 is 1.35. The minimum atomic E-state index is -0.299. The van der Waals surface area contributed by atoms with Crippen molar-refractivity contribution in [2.75, 3.05) is 32.1 Å². The monoisotopic (exact) mass is 483 g/mol. The molecule has 0 radical (unpaired) electrons. The summed E-state index contributed by atoms with van der Waals surface area (Å²) in [7, 11) is 4.02. The van der Waals surface area contributed by atoms with E-state index in [4.69, 9.17) is 0 Å². The van der Waals surface area contributed by atoms with Gasteiger partial charge in [-0.25, -0.2) is 9.37 Å². The number of carbonyl (C=O) groups is 1. The van der Waals surface area contributed by atoms with Crippen LogP contribution >= 0.6 is 23.7 Å². The van der Waals surface area contributed by atoms with Gasteiger partial charge in [-0.15, -0.1) is 12.4 Å². The van der Waals surface area contributed by atoms with Crippen LogP contribution in [0.25, 0.3) is 10.2 Å². The van der Waals surface area contributed by atoms with E-state index in [0.717, 1.165) is 29.6 Å². The summed E-state index contributed by atoms with van der Waals surface area (Å²) in [6, 6.07) is 22.6. The minimum absolute atomic E-state index is 0. The zero-order valence-corrected chi connectivity index (χ0v) is 20.3. The van der Waals surface area contributed by atoms with E-state index in [0.29, 0.717) is 22.8 Å². The normalized spacial score (nSPS) is 10.9. The maximum Gasteiger partial charge on any atom is 0.260 e. The number of fused-ring (bicyclic) bond motifs is 1. The third-order valence-corrected chi connectivity index (χ3v) is 6.30. The molecule has 4 nitrogen and oxygen atoms in total. The van der Waals surface area contributed by atoms with Gasteiger partial charge in [0.1, 0.15) is 5.82 Å². The van der Waals surface area contributed by atoms with E-state index in [9.17, 15) is 9.18 Å². The molecule has 0 bridgehead atoms. The number of anilines is 1. The van der Waals surface area contributed by atoms with Crippen molar-refractivity contribution in [1.29, 1.82) is 0 Å². The van der Waals surface area contributed by atoms with Crippen LogP contribution in [-0.2, 0) is 6.42 Å². The molecule has 33 heavy (non-hydrogen) atoms. The standard InChI is InChI=1S/C26H26FN3OS.ClH/c1-29(2)15-6-16-30(26-28-23-14-13-22(27)18-24(23)32-26)25(31)21-11-9-20(10-12-21)17-19-7-4-3-5-8-19;/h3-5,7-14,18H,6,15-17H2,1-2H3;1H. The van der Waals surface area contributed by atoms with Gasteiger partial charge in [-0.3, -0.25) is 9.69 Å². The smallest absolute Gasteiger partial charge is 0.260 e. The average Bonchev–Trinajstić information content (AvgIpc) is 3.20. The lowest BCUT2D eigenvalue weighted by Crippen LogP contribution is -2.33. The van der Waals surface area contributed by atoms with Crippen molar-refractivity contribution in [2.24, 2.45) is 0 Å². The number of carbonyl (C=O) groups excluding carboxylic acids is 1. The number of hydrogen-bond donors (Lipinski definition) is 0. The molecule has 4 rings (SSSR count). The van der Waals surface area contributed by atoms with Gasteiger partial charge in [0.2, 0.25) is 0 Å². The summed E-state index contributed by atoms with van der Waals surface area (Å²) in [5.74, 6) is -0.387. The van der Waals surface area contributed by atoms with Crippen LogP contribution in [0.15, 0.2) is 72.8 Å². The molecule has 0 saturated heterocycles. The van der Waals surface area contributed by atoms with Gasteiger partial charge in [-0.1, -0.05) is 53.8 Å². The molecule has 0 saturated carbocycles. The molecule has 0 aliphatic rings. The lowest BCUT2D eigenvalue weighted by Gasteiger charge is -2.21. The highest BCUT2D eigenvalue weighted by Gasteiger charge is 2.21. The SMILES string of the molecule is CN(C)CCCN(C(=O)c1ccc(Cc2ccccc2)cc1)c1nc2ccc(F)cc2s1.Cl. The molecule has 4 aromatic rings. The van der Waals surface area contributed by atoms with E-state index in [2.05, 4.69) is 22.0 Å². The number of nitrogens with zero attached hydrogens (tertiary/aromatic N) is 3. The Bertz CT molecular complexity index is 1200. The predicted octanol–water partition coefficient (Wildman–Crippen LogP) is 6.05. The highest BCUT2D eigenvalue weighted by molar-refractivity contribution is 7.22. The third kappa shape index (κ3) is 6.38. The number of rotatable bonds is 8.